The first-order valence-electron chi connectivity index (χ1n) is 9.48. The molecule has 0 aromatic heterocycles. The van der Waals surface area contributed by atoms with Gasteiger partial charge in [-0.1, -0.05) is 55.8 Å². The van der Waals surface area contributed by atoms with Gasteiger partial charge in [-0.25, -0.2) is 4.79 Å². The van der Waals surface area contributed by atoms with Gasteiger partial charge in [0.1, 0.15) is 5.75 Å². The number of amides is 1. The summed E-state index contributed by atoms with van der Waals surface area (Å²) >= 11 is 0. The molecule has 0 spiro atoms. The molecule has 4 heteroatoms. The molecule has 0 heterocycles. The first-order chi connectivity index (χ1) is 13.4. The van der Waals surface area contributed by atoms with E-state index in [4.69, 9.17) is 4.74 Å². The largest absolute Gasteiger partial charge is 0.423 e. The van der Waals surface area contributed by atoms with E-state index in [2.05, 4.69) is 19.2 Å². The molecule has 3 rings (SSSR count). The number of carbonyl (C=O) groups excluding carboxylic acids is 2. The molecule has 28 heavy (non-hydrogen) atoms. The number of rotatable bonds is 5. The van der Waals surface area contributed by atoms with Gasteiger partial charge in [-0.2, -0.15) is 0 Å². The van der Waals surface area contributed by atoms with Crippen LogP contribution in [0.25, 0.3) is 0 Å². The van der Waals surface area contributed by atoms with Crippen LogP contribution in [0.15, 0.2) is 78.0 Å². The van der Waals surface area contributed by atoms with Gasteiger partial charge in [-0.15, -0.1) is 0 Å². The lowest BCUT2D eigenvalue weighted by Crippen LogP contribution is -2.32. The third kappa shape index (κ3) is 4.58. The molecule has 1 amide bonds. The highest BCUT2D eigenvalue weighted by atomic mass is 16.5. The number of para-hydroxylation sites is 1. The van der Waals surface area contributed by atoms with E-state index in [1.165, 1.54) is 0 Å². The van der Waals surface area contributed by atoms with Crippen LogP contribution in [-0.4, -0.2) is 11.9 Å². The number of esters is 1. The third-order valence-electron chi connectivity index (χ3n) is 5.12. The van der Waals surface area contributed by atoms with Crippen molar-refractivity contribution in [1.82, 2.24) is 5.32 Å². The van der Waals surface area contributed by atoms with Crippen LogP contribution in [0.1, 0.15) is 42.6 Å². The highest BCUT2D eigenvalue weighted by Crippen LogP contribution is 2.36. The van der Waals surface area contributed by atoms with Gasteiger partial charge in [0.05, 0.1) is 5.57 Å². The van der Waals surface area contributed by atoms with E-state index in [1.807, 2.05) is 43.3 Å². The summed E-state index contributed by atoms with van der Waals surface area (Å²) in [6.45, 7) is 6.18. The van der Waals surface area contributed by atoms with E-state index in [1.54, 1.807) is 30.3 Å². The third-order valence-corrected chi connectivity index (χ3v) is 5.12. The number of aryl methyl sites for hydroxylation is 1. The SMILES string of the molecule is CCC1(C)C=CC(C(=O)Oc2ccccc2)=C(NC(=O)c2ccc(C)cc2)C1. The highest BCUT2D eigenvalue weighted by Gasteiger charge is 2.30. The number of allylic oxidation sites excluding steroid dienone is 2. The Labute approximate surface area is 165 Å². The maximum Gasteiger partial charge on any atom is 0.345 e. The van der Waals surface area contributed by atoms with Gasteiger partial charge < -0.3 is 10.1 Å². The Hall–Kier alpha value is -3.14. The number of nitrogens with one attached hydrogen (secondary N) is 1. The minimum Gasteiger partial charge on any atom is -0.423 e. The summed E-state index contributed by atoms with van der Waals surface area (Å²) in [6.07, 6.45) is 5.25. The second-order valence-corrected chi connectivity index (χ2v) is 7.43. The van der Waals surface area contributed by atoms with Crippen LogP contribution in [0.5, 0.6) is 5.75 Å². The van der Waals surface area contributed by atoms with Crippen LogP contribution in [0.2, 0.25) is 0 Å². The molecule has 1 aliphatic carbocycles. The Morgan fingerprint density at radius 3 is 2.39 bits per heavy atom. The van der Waals surface area contributed by atoms with Crippen LogP contribution < -0.4 is 10.1 Å². The summed E-state index contributed by atoms with van der Waals surface area (Å²) < 4.78 is 5.49. The molecule has 0 saturated carbocycles. The van der Waals surface area contributed by atoms with Crippen molar-refractivity contribution in [3.8, 4) is 5.75 Å². The van der Waals surface area contributed by atoms with Gasteiger partial charge in [-0.3, -0.25) is 4.79 Å². The predicted octanol–water partition coefficient (Wildman–Crippen LogP) is 4.96. The number of ether oxygens (including phenoxy) is 1. The zero-order valence-corrected chi connectivity index (χ0v) is 16.5. The molecule has 2 aromatic rings. The smallest absolute Gasteiger partial charge is 0.345 e. The second kappa shape index (κ2) is 8.26. The van der Waals surface area contributed by atoms with Crippen molar-refractivity contribution in [2.75, 3.05) is 0 Å². The molecular formula is C24H25NO3. The Kier molecular flexibility index (Phi) is 5.78. The Balaban J connectivity index is 1.87. The lowest BCUT2D eigenvalue weighted by Gasteiger charge is -2.30. The molecule has 0 saturated heterocycles. The summed E-state index contributed by atoms with van der Waals surface area (Å²) in [6, 6.07) is 16.3. The first kappa shape index (κ1) is 19.6. The fraction of sp³-hybridized carbons (Fsp3) is 0.250. The molecular weight excluding hydrogens is 350 g/mol. The standard InChI is InChI=1S/C24H25NO3/c1-4-24(3)15-14-20(23(27)28-19-8-6-5-7-9-19)21(16-24)25-22(26)18-12-10-17(2)11-13-18/h5-15H,4,16H2,1-3H3,(H,25,26). The number of hydrogen-bond donors (Lipinski definition) is 1. The summed E-state index contributed by atoms with van der Waals surface area (Å²) in [5.41, 5.74) is 2.50. The lowest BCUT2D eigenvalue weighted by atomic mass is 9.78. The number of benzene rings is 2. The van der Waals surface area contributed by atoms with Gasteiger partial charge in [0.15, 0.2) is 0 Å². The van der Waals surface area contributed by atoms with Gasteiger partial charge in [-0.05, 0) is 55.5 Å². The van der Waals surface area contributed by atoms with Crippen LogP contribution in [0, 0.1) is 12.3 Å². The zero-order valence-electron chi connectivity index (χ0n) is 16.5. The monoisotopic (exact) mass is 375 g/mol. The molecule has 4 nitrogen and oxygen atoms in total. The fourth-order valence-corrected chi connectivity index (χ4v) is 3.05. The van der Waals surface area contributed by atoms with Crippen molar-refractivity contribution in [3.05, 3.63) is 89.1 Å². The van der Waals surface area contributed by atoms with Crippen molar-refractivity contribution in [1.29, 1.82) is 0 Å². The van der Waals surface area contributed by atoms with E-state index in [0.717, 1.165) is 12.0 Å². The Bertz CT molecular complexity index is 926. The Morgan fingerprint density at radius 2 is 1.75 bits per heavy atom. The maximum atomic E-state index is 12.8. The van der Waals surface area contributed by atoms with E-state index in [-0.39, 0.29) is 11.3 Å². The van der Waals surface area contributed by atoms with Crippen LogP contribution >= 0.6 is 0 Å². The molecule has 1 N–H and O–H groups in total. The summed E-state index contributed by atoms with van der Waals surface area (Å²) in [5.74, 6) is -0.227. The molecule has 0 bridgehead atoms. The molecule has 2 aromatic carbocycles. The topological polar surface area (TPSA) is 55.4 Å². The highest BCUT2D eigenvalue weighted by molar-refractivity contribution is 5.99. The average molecular weight is 375 g/mol. The normalized spacial score (nSPS) is 18.7. The van der Waals surface area contributed by atoms with Gasteiger partial charge in [0.25, 0.3) is 5.91 Å². The van der Waals surface area contributed by atoms with Gasteiger partial charge in [0, 0.05) is 11.3 Å². The first-order valence-corrected chi connectivity index (χ1v) is 9.48. The van der Waals surface area contributed by atoms with E-state index >= 15 is 0 Å². The summed E-state index contributed by atoms with van der Waals surface area (Å²) in [4.78, 5) is 25.5. The summed E-state index contributed by atoms with van der Waals surface area (Å²) in [7, 11) is 0. The van der Waals surface area contributed by atoms with Gasteiger partial charge in [0.2, 0.25) is 0 Å². The summed E-state index contributed by atoms with van der Waals surface area (Å²) in [5, 5.41) is 2.95. The van der Waals surface area contributed by atoms with Gasteiger partial charge >= 0.3 is 5.97 Å². The van der Waals surface area contributed by atoms with Crippen molar-refractivity contribution in [2.24, 2.45) is 5.41 Å². The number of carbonyl (C=O) groups is 2. The van der Waals surface area contributed by atoms with Crippen molar-refractivity contribution in [3.63, 3.8) is 0 Å². The zero-order chi connectivity index (χ0) is 20.1. The maximum absolute atomic E-state index is 12.8. The van der Waals surface area contributed by atoms with E-state index in [9.17, 15) is 9.59 Å². The molecule has 1 aliphatic rings. The quantitative estimate of drug-likeness (QED) is 0.593. The van der Waals surface area contributed by atoms with E-state index < -0.39 is 5.97 Å². The predicted molar refractivity (Wildman–Crippen MR) is 110 cm³/mol. The Morgan fingerprint density at radius 1 is 1.07 bits per heavy atom. The average Bonchev–Trinajstić information content (AvgIpc) is 2.69. The van der Waals surface area contributed by atoms with Crippen molar-refractivity contribution >= 4 is 11.9 Å². The number of hydrogen-bond acceptors (Lipinski definition) is 3. The molecule has 144 valence electrons. The minimum atomic E-state index is -0.472. The van der Waals surface area contributed by atoms with Crippen molar-refractivity contribution < 1.29 is 14.3 Å². The molecule has 0 fully saturated rings. The molecule has 1 unspecified atom stereocenters. The molecule has 1 atom stereocenters. The fourth-order valence-electron chi connectivity index (χ4n) is 3.05. The van der Waals surface area contributed by atoms with E-state index in [0.29, 0.717) is 29.0 Å². The molecule has 0 radical (unpaired) electrons. The molecule has 0 aliphatic heterocycles. The van der Waals surface area contributed by atoms with Crippen LogP contribution in [0.4, 0.5) is 0 Å². The lowest BCUT2D eigenvalue weighted by molar-refractivity contribution is -0.129. The van der Waals surface area contributed by atoms with Crippen LogP contribution in [-0.2, 0) is 4.79 Å². The second-order valence-electron chi connectivity index (χ2n) is 7.43. The van der Waals surface area contributed by atoms with Crippen LogP contribution in [0.3, 0.4) is 0 Å². The van der Waals surface area contributed by atoms with Crippen molar-refractivity contribution in [2.45, 2.75) is 33.6 Å². The minimum absolute atomic E-state index is 0.119.